The van der Waals surface area contributed by atoms with Gasteiger partial charge in [0.05, 0.1) is 14.2 Å². The molecule has 0 spiro atoms. The van der Waals surface area contributed by atoms with Crippen LogP contribution in [0.3, 0.4) is 0 Å². The molecule has 2 aromatic rings. The summed E-state index contributed by atoms with van der Waals surface area (Å²) in [6, 6.07) is 13.7. The zero-order valence-electron chi connectivity index (χ0n) is 18.4. The maximum absolute atomic E-state index is 11.8. The number of carbonyl (C=O) groups excluding carboxylic acids is 1. The summed E-state index contributed by atoms with van der Waals surface area (Å²) in [6.45, 7) is 7.45. The largest absolute Gasteiger partial charge is 1.00 e. The van der Waals surface area contributed by atoms with Gasteiger partial charge in [-0.3, -0.25) is 4.79 Å². The molecular weight excluding hydrogens is 404 g/mol. The molecule has 1 amide bonds. The number of benzene rings is 2. The van der Waals surface area contributed by atoms with Gasteiger partial charge in [0, 0.05) is 12.1 Å². The van der Waals surface area contributed by atoms with Crippen LogP contribution in [-0.2, 0) is 17.8 Å². The van der Waals surface area contributed by atoms with Crippen LogP contribution in [0.2, 0.25) is 0 Å². The topological polar surface area (TPSA) is 68.8 Å². The minimum Gasteiger partial charge on any atom is -1.00 e. The van der Waals surface area contributed by atoms with Gasteiger partial charge in [-0.2, -0.15) is 0 Å². The van der Waals surface area contributed by atoms with Crippen LogP contribution in [0.5, 0.6) is 17.2 Å². The Morgan fingerprint density at radius 2 is 1.57 bits per heavy atom. The zero-order chi connectivity index (χ0) is 21.3. The second-order valence-corrected chi connectivity index (χ2v) is 7.85. The highest BCUT2D eigenvalue weighted by Gasteiger charge is 2.13. The van der Waals surface area contributed by atoms with Crippen molar-refractivity contribution in [3.8, 4) is 17.2 Å². The zero-order valence-corrected chi connectivity index (χ0v) is 19.1. The van der Waals surface area contributed by atoms with Crippen molar-refractivity contribution in [2.45, 2.75) is 39.3 Å². The molecule has 0 aliphatic carbocycles. The van der Waals surface area contributed by atoms with Gasteiger partial charge in [0.25, 0.3) is 5.91 Å². The molecule has 0 aliphatic heterocycles. The van der Waals surface area contributed by atoms with Gasteiger partial charge in [-0.1, -0.05) is 18.2 Å². The Morgan fingerprint density at radius 3 is 2.17 bits per heavy atom. The quantitative estimate of drug-likeness (QED) is 0.526. The van der Waals surface area contributed by atoms with Gasteiger partial charge in [0.2, 0.25) is 0 Å². The van der Waals surface area contributed by atoms with Crippen molar-refractivity contribution >= 4 is 5.91 Å². The fourth-order valence-electron chi connectivity index (χ4n) is 2.81. The third-order valence-corrected chi connectivity index (χ3v) is 4.18. The molecule has 0 radical (unpaired) electrons. The molecule has 166 valence electrons. The van der Waals surface area contributed by atoms with Crippen molar-refractivity contribution in [3.63, 3.8) is 0 Å². The highest BCUT2D eigenvalue weighted by molar-refractivity contribution is 5.78. The van der Waals surface area contributed by atoms with Gasteiger partial charge < -0.3 is 37.3 Å². The number of halogens is 1. The van der Waals surface area contributed by atoms with E-state index in [4.69, 9.17) is 14.2 Å². The first-order valence-corrected chi connectivity index (χ1v) is 9.75. The number of hydrogen-bond donors (Lipinski definition) is 2. The lowest BCUT2D eigenvalue weighted by atomic mass is 10.1. The molecule has 0 atom stereocenters. The molecule has 0 bridgehead atoms. The molecule has 0 fully saturated rings. The van der Waals surface area contributed by atoms with E-state index in [1.807, 2.05) is 63.2 Å². The smallest absolute Gasteiger partial charge is 0.258 e. The lowest BCUT2D eigenvalue weighted by molar-refractivity contribution is -0.124. The summed E-state index contributed by atoms with van der Waals surface area (Å²) >= 11 is 0. The molecule has 0 aromatic heterocycles. The Balaban J connectivity index is 0.00000450. The summed E-state index contributed by atoms with van der Waals surface area (Å²) in [5.41, 5.74) is 2.09. The van der Waals surface area contributed by atoms with Crippen molar-refractivity contribution in [1.29, 1.82) is 0 Å². The number of methoxy groups -OCH3 is 2. The van der Waals surface area contributed by atoms with Crippen LogP contribution in [0.1, 0.15) is 31.9 Å². The van der Waals surface area contributed by atoms with Gasteiger partial charge >= 0.3 is 0 Å². The Hall–Kier alpha value is -2.44. The first-order valence-electron chi connectivity index (χ1n) is 9.75. The van der Waals surface area contributed by atoms with Crippen molar-refractivity contribution in [3.05, 3.63) is 53.6 Å². The molecule has 30 heavy (non-hydrogen) atoms. The lowest BCUT2D eigenvalue weighted by Crippen LogP contribution is -3.00. The average Bonchev–Trinajstić information content (AvgIpc) is 2.69. The van der Waals surface area contributed by atoms with Gasteiger partial charge in [0.1, 0.15) is 5.75 Å². The molecule has 2 rings (SSSR count). The van der Waals surface area contributed by atoms with Crippen LogP contribution in [0.4, 0.5) is 0 Å². The second kappa shape index (κ2) is 12.3. The summed E-state index contributed by atoms with van der Waals surface area (Å²) < 4.78 is 16.1. The van der Waals surface area contributed by atoms with Gasteiger partial charge in [0.15, 0.2) is 18.1 Å². The number of carbonyl (C=O) groups is 1. The van der Waals surface area contributed by atoms with Crippen molar-refractivity contribution in [2.75, 3.05) is 27.4 Å². The first kappa shape index (κ1) is 25.6. The van der Waals surface area contributed by atoms with E-state index in [1.54, 1.807) is 14.2 Å². The van der Waals surface area contributed by atoms with E-state index in [0.29, 0.717) is 5.75 Å². The van der Waals surface area contributed by atoms with Gasteiger partial charge in [-0.05, 0) is 69.1 Å². The SMILES string of the molecule is COc1ccc(CCNCc2ccc(OCC(=O)NC(C)(C)C)cc2)cc1OC.[Cl-]. The van der Waals surface area contributed by atoms with E-state index < -0.39 is 0 Å². The predicted molar refractivity (Wildman–Crippen MR) is 115 cm³/mol. The highest BCUT2D eigenvalue weighted by atomic mass is 35.5. The van der Waals surface area contributed by atoms with Crippen molar-refractivity contribution in [1.82, 2.24) is 10.6 Å². The summed E-state index contributed by atoms with van der Waals surface area (Å²) in [6.07, 6.45) is 0.893. The predicted octanol–water partition coefficient (Wildman–Crippen LogP) is 0.334. The maximum atomic E-state index is 11.8. The first-order chi connectivity index (χ1) is 13.8. The second-order valence-electron chi connectivity index (χ2n) is 7.85. The van der Waals surface area contributed by atoms with Crippen molar-refractivity contribution < 1.29 is 31.4 Å². The number of ether oxygens (including phenoxy) is 3. The van der Waals surface area contributed by atoms with E-state index in [-0.39, 0.29) is 30.5 Å². The summed E-state index contributed by atoms with van der Waals surface area (Å²) in [7, 11) is 3.28. The molecule has 2 aromatic carbocycles. The van der Waals surface area contributed by atoms with Crippen LogP contribution in [0, 0.1) is 0 Å². The third kappa shape index (κ3) is 8.93. The Morgan fingerprint density at radius 1 is 0.933 bits per heavy atom. The summed E-state index contributed by atoms with van der Waals surface area (Å²) in [5, 5.41) is 6.31. The molecule has 0 heterocycles. The Kier molecular flexibility index (Phi) is 10.5. The standard InChI is InChI=1S/C23H32N2O4.ClH/c1-23(2,3)25-22(26)16-29-19-9-6-18(7-10-19)15-24-13-12-17-8-11-20(27-4)21(14-17)28-5;/h6-11,14,24H,12-13,15-16H2,1-5H3,(H,25,26);1H/p-1. The van der Waals surface area contributed by atoms with E-state index in [1.165, 1.54) is 5.56 Å². The number of rotatable bonds is 10. The molecular formula is C23H32ClN2O4-. The van der Waals surface area contributed by atoms with Crippen molar-refractivity contribution in [2.24, 2.45) is 0 Å². The van der Waals surface area contributed by atoms with E-state index in [0.717, 1.165) is 36.6 Å². The maximum Gasteiger partial charge on any atom is 0.258 e. The lowest BCUT2D eigenvalue weighted by Gasteiger charge is -2.20. The fourth-order valence-corrected chi connectivity index (χ4v) is 2.81. The van der Waals surface area contributed by atoms with Crippen LogP contribution >= 0.6 is 0 Å². The van der Waals surface area contributed by atoms with Crippen LogP contribution in [0.15, 0.2) is 42.5 Å². The molecule has 7 heteroatoms. The van der Waals surface area contributed by atoms with E-state index >= 15 is 0 Å². The number of nitrogens with one attached hydrogen (secondary N) is 2. The van der Waals surface area contributed by atoms with Gasteiger partial charge in [-0.25, -0.2) is 0 Å². The van der Waals surface area contributed by atoms with Crippen LogP contribution < -0.4 is 37.3 Å². The summed E-state index contributed by atoms with van der Waals surface area (Å²) in [4.78, 5) is 11.8. The molecule has 0 unspecified atom stereocenters. The molecule has 0 aliphatic rings. The normalized spacial score (nSPS) is 10.7. The molecule has 6 nitrogen and oxygen atoms in total. The van der Waals surface area contributed by atoms with Crippen LogP contribution in [0.25, 0.3) is 0 Å². The highest BCUT2D eigenvalue weighted by Crippen LogP contribution is 2.27. The van der Waals surface area contributed by atoms with Crippen LogP contribution in [-0.4, -0.2) is 38.8 Å². The van der Waals surface area contributed by atoms with E-state index in [9.17, 15) is 4.79 Å². The molecule has 0 saturated heterocycles. The Bertz CT molecular complexity index is 789. The average molecular weight is 436 g/mol. The molecule has 0 saturated carbocycles. The molecule has 2 N–H and O–H groups in total. The minimum atomic E-state index is -0.257. The number of amides is 1. The monoisotopic (exact) mass is 435 g/mol. The van der Waals surface area contributed by atoms with E-state index in [2.05, 4.69) is 10.6 Å². The number of hydrogen-bond acceptors (Lipinski definition) is 5. The minimum absolute atomic E-state index is 0. The third-order valence-electron chi connectivity index (χ3n) is 4.18. The summed E-state index contributed by atoms with van der Waals surface area (Å²) in [5.74, 6) is 2.04. The Labute approximate surface area is 185 Å². The fraction of sp³-hybridized carbons (Fsp3) is 0.435. The van der Waals surface area contributed by atoms with Gasteiger partial charge in [-0.15, -0.1) is 0 Å².